The van der Waals surface area contributed by atoms with E-state index in [0.717, 1.165) is 52.2 Å². The molecule has 0 aliphatic rings. The van der Waals surface area contributed by atoms with Crippen molar-refractivity contribution in [3.8, 4) is 17.0 Å². The molecule has 0 atom stereocenters. The Morgan fingerprint density at radius 1 is 1.25 bits per heavy atom. The van der Waals surface area contributed by atoms with Gasteiger partial charge in [-0.25, -0.2) is 9.97 Å². The first kappa shape index (κ1) is 19.8. The van der Waals surface area contributed by atoms with Gasteiger partial charge >= 0.3 is 0 Å². The zero-order chi connectivity index (χ0) is 19.9. The molecule has 0 saturated heterocycles. The minimum absolute atomic E-state index is 0.154. The predicted octanol–water partition coefficient (Wildman–Crippen LogP) is 3.78. The number of nitrogens with two attached hydrogens (primary N) is 1. The molecule has 1 aromatic heterocycles. The second-order valence-corrected chi connectivity index (χ2v) is 7.26. The van der Waals surface area contributed by atoms with Crippen LogP contribution in [0.15, 0.2) is 42.6 Å². The molecule has 0 saturated carbocycles. The average molecular weight is 397 g/mol. The number of methoxy groups -OCH3 is 1. The molecule has 0 spiro atoms. The van der Waals surface area contributed by atoms with Crippen molar-refractivity contribution < 1.29 is 4.74 Å². The van der Waals surface area contributed by atoms with Crippen molar-refractivity contribution in [1.29, 1.82) is 5.41 Å². The summed E-state index contributed by atoms with van der Waals surface area (Å²) in [5.74, 6) is 2.21. The van der Waals surface area contributed by atoms with E-state index in [9.17, 15) is 0 Å². The second-order valence-electron chi connectivity index (χ2n) is 6.12. The van der Waals surface area contributed by atoms with E-state index >= 15 is 0 Å². The molecule has 28 heavy (non-hydrogen) atoms. The molecule has 8 heteroatoms. The first-order chi connectivity index (χ1) is 13.6. The van der Waals surface area contributed by atoms with Gasteiger partial charge in [-0.1, -0.05) is 17.8 Å². The highest BCUT2D eigenvalue weighted by atomic mass is 32.2. The maximum Gasteiger partial charge on any atom is 0.222 e. The van der Waals surface area contributed by atoms with Crippen molar-refractivity contribution in [2.75, 3.05) is 37.1 Å². The number of nitrogens with zero attached hydrogens (tertiary/aromatic N) is 2. The van der Waals surface area contributed by atoms with Crippen molar-refractivity contribution in [1.82, 2.24) is 9.97 Å². The van der Waals surface area contributed by atoms with Gasteiger partial charge in [0.25, 0.3) is 0 Å². The first-order valence-corrected chi connectivity index (χ1v) is 9.93. The highest BCUT2D eigenvalue weighted by Gasteiger charge is 2.09. The van der Waals surface area contributed by atoms with E-state index in [2.05, 4.69) is 38.8 Å². The van der Waals surface area contributed by atoms with E-state index in [1.807, 2.05) is 18.2 Å². The van der Waals surface area contributed by atoms with Gasteiger partial charge < -0.3 is 21.1 Å². The SMILES string of the molecule is CNc1nccc(-c2cc(NCCCSC(=N)N)c3cc(OC)ccc3c2)n1. The number of thioether (sulfide) groups is 1. The minimum atomic E-state index is 0.154. The normalized spacial score (nSPS) is 10.6. The molecule has 5 N–H and O–H groups in total. The van der Waals surface area contributed by atoms with Gasteiger partial charge in [-0.2, -0.15) is 0 Å². The molecule has 0 fully saturated rings. The smallest absolute Gasteiger partial charge is 0.222 e. The molecule has 0 aliphatic carbocycles. The van der Waals surface area contributed by atoms with Crippen LogP contribution in [0, 0.1) is 5.41 Å². The van der Waals surface area contributed by atoms with Gasteiger partial charge in [0.15, 0.2) is 5.17 Å². The Hall–Kier alpha value is -3.00. The zero-order valence-corrected chi connectivity index (χ0v) is 16.8. The molecule has 3 rings (SSSR count). The number of anilines is 2. The molecule has 0 amide bonds. The summed E-state index contributed by atoms with van der Waals surface area (Å²) >= 11 is 1.36. The van der Waals surface area contributed by atoms with Gasteiger partial charge in [-0.15, -0.1) is 0 Å². The van der Waals surface area contributed by atoms with E-state index in [1.165, 1.54) is 11.8 Å². The Labute approximate surface area is 168 Å². The number of benzene rings is 2. The van der Waals surface area contributed by atoms with Gasteiger partial charge in [-0.3, -0.25) is 5.41 Å². The predicted molar refractivity (Wildman–Crippen MR) is 119 cm³/mol. The van der Waals surface area contributed by atoms with Crippen molar-refractivity contribution in [2.24, 2.45) is 5.73 Å². The summed E-state index contributed by atoms with van der Waals surface area (Å²) in [4.78, 5) is 8.75. The van der Waals surface area contributed by atoms with E-state index < -0.39 is 0 Å². The lowest BCUT2D eigenvalue weighted by molar-refractivity contribution is 0.415. The third-order valence-electron chi connectivity index (χ3n) is 4.23. The van der Waals surface area contributed by atoms with Gasteiger partial charge in [0.05, 0.1) is 12.8 Å². The Morgan fingerprint density at radius 2 is 2.11 bits per heavy atom. The van der Waals surface area contributed by atoms with Crippen LogP contribution in [0.4, 0.5) is 11.6 Å². The van der Waals surface area contributed by atoms with Crippen LogP contribution in [0.5, 0.6) is 5.75 Å². The maximum absolute atomic E-state index is 7.29. The van der Waals surface area contributed by atoms with Crippen LogP contribution < -0.4 is 21.1 Å². The Bertz CT molecular complexity index is 978. The average Bonchev–Trinajstić information content (AvgIpc) is 2.72. The Balaban J connectivity index is 1.93. The summed E-state index contributed by atoms with van der Waals surface area (Å²) in [5, 5.41) is 16.1. The molecular formula is C20H24N6OS. The Morgan fingerprint density at radius 3 is 2.86 bits per heavy atom. The van der Waals surface area contributed by atoms with E-state index in [0.29, 0.717) is 5.95 Å². The van der Waals surface area contributed by atoms with Crippen molar-refractivity contribution in [3.05, 3.63) is 42.6 Å². The van der Waals surface area contributed by atoms with Crippen LogP contribution >= 0.6 is 11.8 Å². The van der Waals surface area contributed by atoms with Crippen LogP contribution in [0.2, 0.25) is 0 Å². The van der Waals surface area contributed by atoms with Crippen LogP contribution in [0.3, 0.4) is 0 Å². The van der Waals surface area contributed by atoms with E-state index in [1.54, 1.807) is 20.4 Å². The quantitative estimate of drug-likeness (QED) is 0.261. The number of aromatic nitrogens is 2. The number of hydrogen-bond donors (Lipinski definition) is 4. The van der Waals surface area contributed by atoms with Gasteiger partial charge in [0, 0.05) is 42.2 Å². The fraction of sp³-hybridized carbons (Fsp3) is 0.250. The third kappa shape index (κ3) is 4.83. The summed E-state index contributed by atoms with van der Waals surface area (Å²) in [5.41, 5.74) is 8.28. The fourth-order valence-electron chi connectivity index (χ4n) is 2.88. The summed E-state index contributed by atoms with van der Waals surface area (Å²) in [6.45, 7) is 0.779. The van der Waals surface area contributed by atoms with Crippen molar-refractivity contribution in [2.45, 2.75) is 6.42 Å². The minimum Gasteiger partial charge on any atom is -0.497 e. The lowest BCUT2D eigenvalue weighted by Gasteiger charge is -2.14. The molecule has 0 radical (unpaired) electrons. The molecule has 1 heterocycles. The monoisotopic (exact) mass is 396 g/mol. The van der Waals surface area contributed by atoms with E-state index in [4.69, 9.17) is 15.9 Å². The lowest BCUT2D eigenvalue weighted by atomic mass is 10.0. The molecule has 3 aromatic rings. The zero-order valence-electron chi connectivity index (χ0n) is 16.0. The van der Waals surface area contributed by atoms with Crippen LogP contribution in [-0.4, -0.2) is 41.6 Å². The molecule has 0 bridgehead atoms. The van der Waals surface area contributed by atoms with Gasteiger partial charge in [-0.05, 0) is 42.1 Å². The summed E-state index contributed by atoms with van der Waals surface area (Å²) in [6, 6.07) is 12.2. The second kappa shape index (κ2) is 9.27. The van der Waals surface area contributed by atoms with Gasteiger partial charge in [0.2, 0.25) is 5.95 Å². The number of fused-ring (bicyclic) bond motifs is 1. The number of nitrogens with one attached hydrogen (secondary N) is 3. The Kier molecular flexibility index (Phi) is 6.54. The van der Waals surface area contributed by atoms with Crippen LogP contribution in [0.1, 0.15) is 6.42 Å². The highest BCUT2D eigenvalue weighted by Crippen LogP contribution is 2.33. The number of hydrogen-bond acceptors (Lipinski definition) is 7. The topological polar surface area (TPSA) is 109 Å². The molecule has 7 nitrogen and oxygen atoms in total. The van der Waals surface area contributed by atoms with E-state index in [-0.39, 0.29) is 5.17 Å². The highest BCUT2D eigenvalue weighted by molar-refractivity contribution is 8.13. The third-order valence-corrected chi connectivity index (χ3v) is 5.03. The summed E-state index contributed by atoms with van der Waals surface area (Å²) in [7, 11) is 3.47. The standard InChI is InChI=1S/C20H24N6OS/c1-23-20-25-8-6-17(26-20)14-10-13-4-5-15(27-2)12-16(13)18(11-14)24-7-3-9-28-19(21)22/h4-6,8,10-12,24H,3,7,9H2,1-2H3,(H3,21,22)(H,23,25,26). The van der Waals surface area contributed by atoms with Crippen LogP contribution in [0.25, 0.3) is 22.0 Å². The van der Waals surface area contributed by atoms with Crippen LogP contribution in [-0.2, 0) is 0 Å². The first-order valence-electron chi connectivity index (χ1n) is 8.94. The molecule has 146 valence electrons. The van der Waals surface area contributed by atoms with Crippen molar-refractivity contribution in [3.63, 3.8) is 0 Å². The summed E-state index contributed by atoms with van der Waals surface area (Å²) < 4.78 is 5.39. The number of ether oxygens (including phenoxy) is 1. The summed E-state index contributed by atoms with van der Waals surface area (Å²) in [6.07, 6.45) is 2.65. The number of rotatable bonds is 8. The largest absolute Gasteiger partial charge is 0.497 e. The lowest BCUT2D eigenvalue weighted by Crippen LogP contribution is -2.08. The molecule has 0 unspecified atom stereocenters. The molecule has 0 aliphatic heterocycles. The number of amidine groups is 1. The molecular weight excluding hydrogens is 372 g/mol. The maximum atomic E-state index is 7.29. The van der Waals surface area contributed by atoms with Crippen molar-refractivity contribution >= 4 is 39.3 Å². The fourth-order valence-corrected chi connectivity index (χ4v) is 3.38. The van der Waals surface area contributed by atoms with Gasteiger partial charge in [0.1, 0.15) is 5.75 Å². The molecule has 2 aromatic carbocycles.